The van der Waals surface area contributed by atoms with Crippen LogP contribution in [0.5, 0.6) is 0 Å². The molecule has 0 saturated carbocycles. The van der Waals surface area contributed by atoms with Crippen LogP contribution in [-0.4, -0.2) is 12.0 Å². The van der Waals surface area contributed by atoms with Crippen molar-refractivity contribution in [3.8, 4) is 0 Å². The Bertz CT molecular complexity index is 287. The monoisotopic (exact) mass is 223 g/mol. The Kier molecular flexibility index (Phi) is 3.23. The van der Waals surface area contributed by atoms with Gasteiger partial charge in [-0.2, -0.15) is 0 Å². The van der Waals surface area contributed by atoms with Crippen LogP contribution < -0.4 is 0 Å². The van der Waals surface area contributed by atoms with Crippen molar-refractivity contribution in [1.82, 2.24) is 0 Å². The van der Waals surface area contributed by atoms with E-state index in [1.807, 2.05) is 24.3 Å². The molecule has 0 atom stereocenters. The highest BCUT2D eigenvalue weighted by Crippen LogP contribution is 2.18. The van der Waals surface area contributed by atoms with Crippen molar-refractivity contribution < 1.29 is 0 Å². The standard InChI is InChI=1S/C10H10BrN/c1-8(7-11)9-3-5-10(12-2)6-4-9/h3-6H,1-2,7H2. The molecule has 62 valence electrons. The predicted octanol–water partition coefficient (Wildman–Crippen LogP) is 3.43. The smallest absolute Gasteiger partial charge is 0.0622 e. The Labute approximate surface area is 81.0 Å². The van der Waals surface area contributed by atoms with Gasteiger partial charge in [0, 0.05) is 5.33 Å². The van der Waals surface area contributed by atoms with Gasteiger partial charge in [0.25, 0.3) is 0 Å². The maximum atomic E-state index is 3.91. The van der Waals surface area contributed by atoms with E-state index in [0.717, 1.165) is 22.2 Å². The maximum absolute atomic E-state index is 3.91. The second kappa shape index (κ2) is 4.21. The Morgan fingerprint density at radius 1 is 1.33 bits per heavy atom. The first-order valence-corrected chi connectivity index (χ1v) is 4.71. The van der Waals surface area contributed by atoms with E-state index in [2.05, 4.69) is 34.2 Å². The summed E-state index contributed by atoms with van der Waals surface area (Å²) in [6.45, 7) is 7.35. The lowest BCUT2D eigenvalue weighted by molar-refractivity contribution is 1.52. The molecule has 1 aromatic rings. The van der Waals surface area contributed by atoms with Gasteiger partial charge in [-0.05, 0) is 30.0 Å². The molecule has 0 radical (unpaired) electrons. The molecule has 0 unspecified atom stereocenters. The lowest BCUT2D eigenvalue weighted by Gasteiger charge is -2.00. The molecule has 0 bridgehead atoms. The highest BCUT2D eigenvalue weighted by molar-refractivity contribution is 9.09. The number of benzene rings is 1. The Hall–Kier alpha value is -0.890. The normalized spacial score (nSPS) is 9.42. The summed E-state index contributed by atoms with van der Waals surface area (Å²) in [6.07, 6.45) is 0. The number of hydrogen-bond donors (Lipinski definition) is 0. The van der Waals surface area contributed by atoms with E-state index < -0.39 is 0 Å². The highest BCUT2D eigenvalue weighted by atomic mass is 79.9. The van der Waals surface area contributed by atoms with Crippen molar-refractivity contribution in [3.63, 3.8) is 0 Å². The number of hydrogen-bond acceptors (Lipinski definition) is 1. The minimum atomic E-state index is 0.799. The third kappa shape index (κ3) is 2.05. The molecule has 0 saturated heterocycles. The van der Waals surface area contributed by atoms with Gasteiger partial charge in [-0.3, -0.25) is 4.99 Å². The van der Waals surface area contributed by atoms with Crippen LogP contribution in [0.2, 0.25) is 0 Å². The fraction of sp³-hybridized carbons (Fsp3) is 0.100. The molecule has 1 rings (SSSR count). The SMILES string of the molecule is C=Nc1ccc(C(=C)CBr)cc1. The average Bonchev–Trinajstić information content (AvgIpc) is 2.17. The summed E-state index contributed by atoms with van der Waals surface area (Å²) in [5.41, 5.74) is 3.10. The van der Waals surface area contributed by atoms with Crippen molar-refractivity contribution in [1.29, 1.82) is 0 Å². The zero-order valence-electron chi connectivity index (χ0n) is 6.76. The van der Waals surface area contributed by atoms with Crippen molar-refractivity contribution in [2.75, 3.05) is 5.33 Å². The number of rotatable bonds is 3. The van der Waals surface area contributed by atoms with Gasteiger partial charge in [-0.1, -0.05) is 34.6 Å². The van der Waals surface area contributed by atoms with Crippen molar-refractivity contribution in [3.05, 3.63) is 36.4 Å². The van der Waals surface area contributed by atoms with Gasteiger partial charge in [0.1, 0.15) is 0 Å². The van der Waals surface area contributed by atoms with Crippen molar-refractivity contribution in [2.45, 2.75) is 0 Å². The molecular weight excluding hydrogens is 214 g/mol. The molecule has 0 aliphatic rings. The number of allylic oxidation sites excluding steroid dienone is 1. The van der Waals surface area contributed by atoms with E-state index in [-0.39, 0.29) is 0 Å². The average molecular weight is 224 g/mol. The number of alkyl halides is 1. The summed E-state index contributed by atoms with van der Waals surface area (Å²) in [7, 11) is 0. The molecule has 0 aliphatic heterocycles. The van der Waals surface area contributed by atoms with Gasteiger partial charge in [0.2, 0.25) is 0 Å². The molecule has 0 spiro atoms. The summed E-state index contributed by atoms with van der Waals surface area (Å²) >= 11 is 3.35. The van der Waals surface area contributed by atoms with Crippen LogP contribution in [0.3, 0.4) is 0 Å². The van der Waals surface area contributed by atoms with Crippen LogP contribution >= 0.6 is 15.9 Å². The van der Waals surface area contributed by atoms with Crippen LogP contribution in [0.15, 0.2) is 35.8 Å². The zero-order valence-corrected chi connectivity index (χ0v) is 8.34. The van der Waals surface area contributed by atoms with E-state index in [1.165, 1.54) is 0 Å². The maximum Gasteiger partial charge on any atom is 0.0622 e. The van der Waals surface area contributed by atoms with Gasteiger partial charge in [0.05, 0.1) is 5.69 Å². The lowest BCUT2D eigenvalue weighted by Crippen LogP contribution is -1.81. The van der Waals surface area contributed by atoms with E-state index in [4.69, 9.17) is 0 Å². The minimum Gasteiger partial charge on any atom is -0.265 e. The highest BCUT2D eigenvalue weighted by Gasteiger charge is 1.95. The molecule has 2 heteroatoms. The van der Waals surface area contributed by atoms with Crippen LogP contribution in [0, 0.1) is 0 Å². The van der Waals surface area contributed by atoms with Crippen LogP contribution in [-0.2, 0) is 0 Å². The first-order chi connectivity index (χ1) is 5.77. The molecule has 1 aromatic carbocycles. The number of nitrogens with zero attached hydrogens (tertiary/aromatic N) is 1. The molecular formula is C10H10BrN. The van der Waals surface area contributed by atoms with Gasteiger partial charge in [0.15, 0.2) is 0 Å². The van der Waals surface area contributed by atoms with Gasteiger partial charge in [-0.15, -0.1) is 0 Å². The van der Waals surface area contributed by atoms with Crippen LogP contribution in [0.4, 0.5) is 5.69 Å². The van der Waals surface area contributed by atoms with Crippen molar-refractivity contribution >= 4 is 33.9 Å². The van der Waals surface area contributed by atoms with Crippen LogP contribution in [0.25, 0.3) is 5.57 Å². The van der Waals surface area contributed by atoms with E-state index >= 15 is 0 Å². The van der Waals surface area contributed by atoms with E-state index in [1.54, 1.807) is 0 Å². The van der Waals surface area contributed by atoms with Crippen molar-refractivity contribution in [2.24, 2.45) is 4.99 Å². The minimum absolute atomic E-state index is 0.799. The first kappa shape index (κ1) is 9.20. The third-order valence-electron chi connectivity index (χ3n) is 1.62. The molecule has 12 heavy (non-hydrogen) atoms. The second-order valence-corrected chi connectivity index (χ2v) is 3.00. The summed E-state index contributed by atoms with van der Waals surface area (Å²) in [4.78, 5) is 3.81. The molecule has 0 aliphatic carbocycles. The fourth-order valence-corrected chi connectivity index (χ4v) is 1.20. The molecule has 0 aromatic heterocycles. The van der Waals surface area contributed by atoms with Gasteiger partial charge < -0.3 is 0 Å². The number of aliphatic imine (C=N–C) groups is 1. The summed E-state index contributed by atoms with van der Waals surface area (Å²) in [6, 6.07) is 7.84. The van der Waals surface area contributed by atoms with Gasteiger partial charge in [-0.25, -0.2) is 0 Å². The predicted molar refractivity (Wildman–Crippen MR) is 58.5 cm³/mol. The fourth-order valence-electron chi connectivity index (χ4n) is 0.880. The third-order valence-corrected chi connectivity index (χ3v) is 2.30. The molecule has 0 fully saturated rings. The quantitative estimate of drug-likeness (QED) is 0.551. The largest absolute Gasteiger partial charge is 0.265 e. The first-order valence-electron chi connectivity index (χ1n) is 3.59. The van der Waals surface area contributed by atoms with E-state index in [9.17, 15) is 0 Å². The van der Waals surface area contributed by atoms with Gasteiger partial charge >= 0.3 is 0 Å². The zero-order chi connectivity index (χ0) is 8.97. The Balaban J connectivity index is 2.91. The second-order valence-electron chi connectivity index (χ2n) is 2.44. The van der Waals surface area contributed by atoms with Crippen LogP contribution in [0.1, 0.15) is 5.56 Å². The Morgan fingerprint density at radius 3 is 2.33 bits per heavy atom. The molecule has 0 amide bonds. The topological polar surface area (TPSA) is 12.4 Å². The molecule has 0 N–H and O–H groups in total. The summed E-state index contributed by atoms with van der Waals surface area (Å²) in [5, 5.41) is 0.799. The molecule has 1 nitrogen and oxygen atoms in total. The molecule has 0 heterocycles. The Morgan fingerprint density at radius 2 is 1.92 bits per heavy atom. The summed E-state index contributed by atoms with van der Waals surface area (Å²) < 4.78 is 0. The lowest BCUT2D eigenvalue weighted by atomic mass is 10.1. The number of halogens is 1. The van der Waals surface area contributed by atoms with E-state index in [0.29, 0.717) is 0 Å². The summed E-state index contributed by atoms with van der Waals surface area (Å²) in [5.74, 6) is 0.